The first kappa shape index (κ1) is 10.1. The Kier molecular flexibility index (Phi) is 2.50. The van der Waals surface area contributed by atoms with Crippen LogP contribution in [0.15, 0.2) is 27.6 Å². The molecule has 0 unspecified atom stereocenters. The van der Waals surface area contributed by atoms with E-state index in [2.05, 4.69) is 20.4 Å². The van der Waals surface area contributed by atoms with Crippen molar-refractivity contribution in [2.45, 2.75) is 6.92 Å². The molecular formula is C9H8N4O3. The Morgan fingerprint density at radius 1 is 1.56 bits per heavy atom. The zero-order valence-corrected chi connectivity index (χ0v) is 8.35. The summed E-state index contributed by atoms with van der Waals surface area (Å²) in [6.45, 7) is 1.63. The third kappa shape index (κ3) is 2.14. The summed E-state index contributed by atoms with van der Waals surface area (Å²) in [7, 11) is 0. The maximum atomic E-state index is 11.6. The number of carbonyl (C=O) groups is 1. The van der Waals surface area contributed by atoms with Crippen LogP contribution in [-0.2, 0) is 0 Å². The minimum Gasteiger partial charge on any atom is -0.329 e. The van der Waals surface area contributed by atoms with Gasteiger partial charge in [-0.25, -0.2) is 0 Å². The molecule has 0 bridgehead atoms. The van der Waals surface area contributed by atoms with E-state index >= 15 is 0 Å². The number of anilines is 1. The zero-order chi connectivity index (χ0) is 11.5. The van der Waals surface area contributed by atoms with Gasteiger partial charge in [-0.1, -0.05) is 5.16 Å². The summed E-state index contributed by atoms with van der Waals surface area (Å²) in [6, 6.07) is 2.65. The highest BCUT2D eigenvalue weighted by Crippen LogP contribution is 2.04. The first-order valence-electron chi connectivity index (χ1n) is 4.45. The van der Waals surface area contributed by atoms with Gasteiger partial charge >= 0.3 is 6.01 Å². The Hall–Kier alpha value is -2.44. The monoisotopic (exact) mass is 220 g/mol. The molecule has 0 saturated heterocycles. The van der Waals surface area contributed by atoms with Crippen LogP contribution in [0.5, 0.6) is 0 Å². The molecule has 2 aromatic heterocycles. The SMILES string of the molecule is Cc1noc(NC(=O)c2cc[nH]c(=O)c2)n1. The van der Waals surface area contributed by atoms with Crippen LogP contribution >= 0.6 is 0 Å². The number of carbonyl (C=O) groups excluding carboxylic acids is 1. The second-order valence-electron chi connectivity index (χ2n) is 3.04. The van der Waals surface area contributed by atoms with Crippen molar-refractivity contribution in [2.24, 2.45) is 0 Å². The zero-order valence-electron chi connectivity index (χ0n) is 8.35. The molecule has 0 radical (unpaired) electrons. The van der Waals surface area contributed by atoms with Crippen LogP contribution in [0.1, 0.15) is 16.2 Å². The number of nitrogens with one attached hydrogen (secondary N) is 2. The van der Waals surface area contributed by atoms with Gasteiger partial charge in [-0.05, 0) is 13.0 Å². The second kappa shape index (κ2) is 3.97. The molecule has 7 heteroatoms. The van der Waals surface area contributed by atoms with Crippen LogP contribution in [-0.4, -0.2) is 21.0 Å². The van der Waals surface area contributed by atoms with Gasteiger partial charge in [-0.3, -0.25) is 14.9 Å². The van der Waals surface area contributed by atoms with E-state index < -0.39 is 5.91 Å². The third-order valence-electron chi connectivity index (χ3n) is 1.79. The van der Waals surface area contributed by atoms with Crippen LogP contribution in [0, 0.1) is 6.92 Å². The predicted octanol–water partition coefficient (Wildman–Crippen LogP) is 0.319. The lowest BCUT2D eigenvalue weighted by Crippen LogP contribution is -2.15. The summed E-state index contributed by atoms with van der Waals surface area (Å²) < 4.78 is 4.71. The molecule has 1 amide bonds. The summed E-state index contributed by atoms with van der Waals surface area (Å²) in [5, 5.41) is 5.89. The molecule has 0 atom stereocenters. The molecule has 0 saturated carbocycles. The molecule has 16 heavy (non-hydrogen) atoms. The topological polar surface area (TPSA) is 101 Å². The summed E-state index contributed by atoms with van der Waals surface area (Å²) in [5.41, 5.74) is -0.131. The van der Waals surface area contributed by atoms with Gasteiger partial charge < -0.3 is 9.51 Å². The standard InChI is InChI=1S/C9H8N4O3/c1-5-11-9(16-13-5)12-8(15)6-2-3-10-7(14)4-6/h2-4H,1H3,(H,10,14)(H,11,12,13,15). The Morgan fingerprint density at radius 3 is 3.00 bits per heavy atom. The first-order valence-corrected chi connectivity index (χ1v) is 4.45. The van der Waals surface area contributed by atoms with Crippen molar-refractivity contribution in [3.05, 3.63) is 40.1 Å². The molecule has 2 N–H and O–H groups in total. The van der Waals surface area contributed by atoms with Gasteiger partial charge in [0.05, 0.1) is 0 Å². The average molecular weight is 220 g/mol. The van der Waals surface area contributed by atoms with E-state index in [0.717, 1.165) is 0 Å². The van der Waals surface area contributed by atoms with Gasteiger partial charge in [0.2, 0.25) is 5.56 Å². The number of aromatic nitrogens is 3. The van der Waals surface area contributed by atoms with Crippen LogP contribution in [0.4, 0.5) is 6.01 Å². The number of aryl methyl sites for hydroxylation is 1. The number of amides is 1. The van der Waals surface area contributed by atoms with Crippen molar-refractivity contribution in [3.63, 3.8) is 0 Å². The number of H-pyrrole nitrogens is 1. The summed E-state index contributed by atoms with van der Waals surface area (Å²) >= 11 is 0. The van der Waals surface area contributed by atoms with Crippen LogP contribution in [0.25, 0.3) is 0 Å². The maximum absolute atomic E-state index is 11.6. The fourth-order valence-electron chi connectivity index (χ4n) is 1.10. The Bertz CT molecular complexity index is 572. The fourth-order valence-corrected chi connectivity index (χ4v) is 1.10. The number of nitrogens with zero attached hydrogens (tertiary/aromatic N) is 2. The smallest absolute Gasteiger partial charge is 0.328 e. The highest BCUT2D eigenvalue weighted by atomic mass is 16.5. The Balaban J connectivity index is 2.17. The predicted molar refractivity (Wildman–Crippen MR) is 54.1 cm³/mol. The molecule has 0 spiro atoms. The van der Waals surface area contributed by atoms with E-state index in [0.29, 0.717) is 5.82 Å². The number of pyridine rings is 1. The highest BCUT2D eigenvalue weighted by Gasteiger charge is 2.10. The molecule has 2 heterocycles. The number of rotatable bonds is 2. The largest absolute Gasteiger partial charge is 0.329 e. The quantitative estimate of drug-likeness (QED) is 0.758. The molecule has 0 aliphatic heterocycles. The maximum Gasteiger partial charge on any atom is 0.328 e. The normalized spacial score (nSPS) is 10.1. The summed E-state index contributed by atoms with van der Waals surface area (Å²) in [6.07, 6.45) is 1.39. The summed E-state index contributed by atoms with van der Waals surface area (Å²) in [4.78, 5) is 28.8. The van der Waals surface area contributed by atoms with Crippen LogP contribution in [0.2, 0.25) is 0 Å². The van der Waals surface area contributed by atoms with Crippen molar-refractivity contribution < 1.29 is 9.32 Å². The summed E-state index contributed by atoms with van der Waals surface area (Å²) in [5.74, 6) is -0.0593. The van der Waals surface area contributed by atoms with Gasteiger partial charge in [0, 0.05) is 17.8 Å². The van der Waals surface area contributed by atoms with Gasteiger partial charge in [0.25, 0.3) is 5.91 Å². The van der Waals surface area contributed by atoms with E-state index in [-0.39, 0.29) is 17.1 Å². The highest BCUT2D eigenvalue weighted by molar-refractivity contribution is 6.02. The van der Waals surface area contributed by atoms with Crippen LogP contribution < -0.4 is 10.9 Å². The Labute approximate surface area is 89.5 Å². The lowest BCUT2D eigenvalue weighted by Gasteiger charge is -1.98. The van der Waals surface area contributed by atoms with E-state index in [1.54, 1.807) is 6.92 Å². The van der Waals surface area contributed by atoms with Gasteiger partial charge in [0.1, 0.15) is 0 Å². The van der Waals surface area contributed by atoms with Crippen molar-refractivity contribution in [2.75, 3.05) is 5.32 Å². The second-order valence-corrected chi connectivity index (χ2v) is 3.04. The van der Waals surface area contributed by atoms with Gasteiger partial charge in [-0.15, -0.1) is 0 Å². The molecule has 7 nitrogen and oxygen atoms in total. The minimum atomic E-state index is -0.477. The first-order chi connectivity index (χ1) is 7.65. The minimum absolute atomic E-state index is 0.00258. The average Bonchev–Trinajstić information content (AvgIpc) is 2.64. The fraction of sp³-hybridized carbons (Fsp3) is 0.111. The molecular weight excluding hydrogens is 212 g/mol. The van der Waals surface area contributed by atoms with Gasteiger partial charge in [0.15, 0.2) is 5.82 Å². The lowest BCUT2D eigenvalue weighted by molar-refractivity contribution is 0.102. The van der Waals surface area contributed by atoms with Crippen LogP contribution in [0.3, 0.4) is 0 Å². The molecule has 2 rings (SSSR count). The van der Waals surface area contributed by atoms with Crippen molar-refractivity contribution in [1.29, 1.82) is 0 Å². The van der Waals surface area contributed by atoms with E-state index in [1.165, 1.54) is 18.3 Å². The molecule has 82 valence electrons. The lowest BCUT2D eigenvalue weighted by atomic mass is 10.2. The van der Waals surface area contributed by atoms with E-state index in [1.807, 2.05) is 0 Å². The molecule has 0 aliphatic rings. The molecule has 0 aliphatic carbocycles. The third-order valence-corrected chi connectivity index (χ3v) is 1.79. The number of hydrogen-bond acceptors (Lipinski definition) is 5. The molecule has 0 fully saturated rings. The number of aromatic amines is 1. The van der Waals surface area contributed by atoms with Crippen molar-refractivity contribution in [1.82, 2.24) is 15.1 Å². The molecule has 2 aromatic rings. The Morgan fingerprint density at radius 2 is 2.38 bits per heavy atom. The number of hydrogen-bond donors (Lipinski definition) is 2. The molecule has 0 aromatic carbocycles. The van der Waals surface area contributed by atoms with Crippen molar-refractivity contribution >= 4 is 11.9 Å². The van der Waals surface area contributed by atoms with E-state index in [4.69, 9.17) is 4.52 Å². The van der Waals surface area contributed by atoms with Crippen molar-refractivity contribution in [3.8, 4) is 0 Å². The van der Waals surface area contributed by atoms with Gasteiger partial charge in [-0.2, -0.15) is 4.98 Å². The van der Waals surface area contributed by atoms with E-state index in [9.17, 15) is 9.59 Å².